The quantitative estimate of drug-likeness (QED) is 0.826. The largest absolute Gasteiger partial charge is 0.494 e. The number of amides is 1. The second-order valence-electron chi connectivity index (χ2n) is 5.12. The topological polar surface area (TPSA) is 58.6 Å². The number of benzene rings is 1. The molecule has 0 unspecified atom stereocenters. The molecule has 1 fully saturated rings. The predicted octanol–water partition coefficient (Wildman–Crippen LogP) is 2.12. The molecule has 4 nitrogen and oxygen atoms in total. The van der Waals surface area contributed by atoms with Gasteiger partial charge in [-0.2, -0.15) is 0 Å². The highest BCUT2D eigenvalue weighted by Crippen LogP contribution is 2.31. The average molecular weight is 263 g/mol. The van der Waals surface area contributed by atoms with Gasteiger partial charge < -0.3 is 15.2 Å². The van der Waals surface area contributed by atoms with E-state index in [1.807, 2.05) is 0 Å². The molecule has 0 heterocycles. The van der Waals surface area contributed by atoms with Gasteiger partial charge in [-0.1, -0.05) is 6.92 Å². The number of carbonyl (C=O) groups excluding carboxylic acids is 1. The normalized spacial score (nSPS) is 16.5. The van der Waals surface area contributed by atoms with E-state index in [4.69, 9.17) is 4.74 Å². The Labute approximate surface area is 113 Å². The molecule has 104 valence electrons. The van der Waals surface area contributed by atoms with Crippen LogP contribution in [-0.2, 0) is 0 Å². The zero-order valence-corrected chi connectivity index (χ0v) is 11.3. The minimum Gasteiger partial charge on any atom is -0.494 e. The molecule has 2 rings (SSSR count). The van der Waals surface area contributed by atoms with Gasteiger partial charge in [-0.25, -0.2) is 0 Å². The molecule has 1 saturated carbocycles. The number of aliphatic hydroxyl groups excluding tert-OH is 1. The Morgan fingerprint density at radius 1 is 1.37 bits per heavy atom. The van der Waals surface area contributed by atoms with E-state index in [0.717, 1.165) is 31.4 Å². The molecule has 0 spiro atoms. The van der Waals surface area contributed by atoms with Gasteiger partial charge in [0.15, 0.2) is 0 Å². The van der Waals surface area contributed by atoms with E-state index in [0.29, 0.717) is 12.2 Å². The highest BCUT2D eigenvalue weighted by molar-refractivity contribution is 5.94. The summed E-state index contributed by atoms with van der Waals surface area (Å²) < 4.78 is 5.47. The summed E-state index contributed by atoms with van der Waals surface area (Å²) >= 11 is 0. The first-order valence-electron chi connectivity index (χ1n) is 6.85. The third kappa shape index (κ3) is 3.26. The van der Waals surface area contributed by atoms with Gasteiger partial charge in [-0.3, -0.25) is 4.79 Å². The van der Waals surface area contributed by atoms with Gasteiger partial charge >= 0.3 is 0 Å². The van der Waals surface area contributed by atoms with E-state index in [-0.39, 0.29) is 12.5 Å². The van der Waals surface area contributed by atoms with Gasteiger partial charge in [0.25, 0.3) is 5.91 Å². The van der Waals surface area contributed by atoms with Crippen LogP contribution in [0.3, 0.4) is 0 Å². The molecule has 19 heavy (non-hydrogen) atoms. The van der Waals surface area contributed by atoms with Crippen molar-refractivity contribution in [2.45, 2.75) is 38.1 Å². The molecule has 4 heteroatoms. The van der Waals surface area contributed by atoms with Crippen LogP contribution < -0.4 is 10.1 Å². The van der Waals surface area contributed by atoms with Gasteiger partial charge in [-0.15, -0.1) is 0 Å². The molecule has 0 bridgehead atoms. The van der Waals surface area contributed by atoms with Crippen molar-refractivity contribution in [1.82, 2.24) is 5.32 Å². The molecule has 2 N–H and O–H groups in total. The fourth-order valence-electron chi connectivity index (χ4n) is 2.16. The van der Waals surface area contributed by atoms with Crippen LogP contribution >= 0.6 is 0 Å². The fraction of sp³-hybridized carbons (Fsp3) is 0.533. The summed E-state index contributed by atoms with van der Waals surface area (Å²) in [6.45, 7) is 2.74. The van der Waals surface area contributed by atoms with E-state index in [1.54, 1.807) is 24.3 Å². The lowest BCUT2D eigenvalue weighted by Crippen LogP contribution is -2.56. The lowest BCUT2D eigenvalue weighted by Gasteiger charge is -2.40. The highest BCUT2D eigenvalue weighted by atomic mass is 16.5. The van der Waals surface area contributed by atoms with E-state index in [2.05, 4.69) is 12.2 Å². The van der Waals surface area contributed by atoms with Crippen LogP contribution in [0.5, 0.6) is 5.75 Å². The average Bonchev–Trinajstić information content (AvgIpc) is 2.41. The van der Waals surface area contributed by atoms with Gasteiger partial charge in [0.2, 0.25) is 0 Å². The third-order valence-corrected chi connectivity index (χ3v) is 3.58. The maximum atomic E-state index is 12.1. The summed E-state index contributed by atoms with van der Waals surface area (Å²) in [4.78, 5) is 12.1. The first-order valence-corrected chi connectivity index (χ1v) is 6.85. The first kappa shape index (κ1) is 13.9. The van der Waals surface area contributed by atoms with E-state index in [1.165, 1.54) is 0 Å². The fourth-order valence-corrected chi connectivity index (χ4v) is 2.16. The Morgan fingerprint density at radius 3 is 2.53 bits per heavy atom. The summed E-state index contributed by atoms with van der Waals surface area (Å²) in [5, 5.41) is 12.3. The highest BCUT2D eigenvalue weighted by Gasteiger charge is 2.37. The number of rotatable bonds is 6. The molecule has 1 aliphatic carbocycles. The SMILES string of the molecule is CCCOc1ccc(C(=O)NC2(CO)CCC2)cc1. The second-order valence-corrected chi connectivity index (χ2v) is 5.12. The van der Waals surface area contributed by atoms with Crippen LogP contribution in [0.2, 0.25) is 0 Å². The van der Waals surface area contributed by atoms with E-state index < -0.39 is 5.54 Å². The molecular formula is C15H21NO3. The molecule has 1 aromatic carbocycles. The Bertz CT molecular complexity index is 418. The minimum atomic E-state index is -0.394. The summed E-state index contributed by atoms with van der Waals surface area (Å²) in [5.74, 6) is 0.648. The molecule has 0 radical (unpaired) electrons. The summed E-state index contributed by atoms with van der Waals surface area (Å²) in [6.07, 6.45) is 3.73. The van der Waals surface area contributed by atoms with Crippen molar-refractivity contribution in [1.29, 1.82) is 0 Å². The van der Waals surface area contributed by atoms with Crippen molar-refractivity contribution < 1.29 is 14.6 Å². The van der Waals surface area contributed by atoms with Crippen molar-refractivity contribution >= 4 is 5.91 Å². The minimum absolute atomic E-state index is 0.0104. The maximum absolute atomic E-state index is 12.1. The molecule has 1 aliphatic rings. The number of ether oxygens (including phenoxy) is 1. The molecular weight excluding hydrogens is 242 g/mol. The number of hydrogen-bond donors (Lipinski definition) is 2. The van der Waals surface area contributed by atoms with Crippen LogP contribution in [0.15, 0.2) is 24.3 Å². The van der Waals surface area contributed by atoms with Crippen molar-refractivity contribution in [3.05, 3.63) is 29.8 Å². The second kappa shape index (κ2) is 6.06. The van der Waals surface area contributed by atoms with E-state index in [9.17, 15) is 9.90 Å². The van der Waals surface area contributed by atoms with Gasteiger partial charge in [0.05, 0.1) is 18.8 Å². The summed E-state index contributed by atoms with van der Waals surface area (Å²) in [5.41, 5.74) is 0.206. The van der Waals surface area contributed by atoms with Crippen molar-refractivity contribution in [2.24, 2.45) is 0 Å². The Morgan fingerprint density at radius 2 is 2.05 bits per heavy atom. The molecule has 0 atom stereocenters. The first-order chi connectivity index (χ1) is 9.19. The van der Waals surface area contributed by atoms with Crippen LogP contribution in [-0.4, -0.2) is 29.8 Å². The van der Waals surface area contributed by atoms with Crippen LogP contribution in [0, 0.1) is 0 Å². The van der Waals surface area contributed by atoms with E-state index >= 15 is 0 Å². The standard InChI is InChI=1S/C15H21NO3/c1-2-10-19-13-6-4-12(5-7-13)14(18)16-15(11-17)8-3-9-15/h4-7,17H,2-3,8-11H2,1H3,(H,16,18). The Balaban J connectivity index is 1.95. The number of carbonyl (C=O) groups is 1. The van der Waals surface area contributed by atoms with Crippen LogP contribution in [0.25, 0.3) is 0 Å². The molecule has 1 amide bonds. The molecule has 0 aliphatic heterocycles. The predicted molar refractivity (Wildman–Crippen MR) is 73.4 cm³/mol. The van der Waals surface area contributed by atoms with Crippen LogP contribution in [0.4, 0.5) is 0 Å². The van der Waals surface area contributed by atoms with Crippen molar-refractivity contribution in [2.75, 3.05) is 13.2 Å². The third-order valence-electron chi connectivity index (χ3n) is 3.58. The lowest BCUT2D eigenvalue weighted by atomic mass is 9.77. The van der Waals surface area contributed by atoms with Crippen molar-refractivity contribution in [3.8, 4) is 5.75 Å². The number of aliphatic hydroxyl groups is 1. The Hall–Kier alpha value is -1.55. The monoisotopic (exact) mass is 263 g/mol. The molecule has 0 aromatic heterocycles. The lowest BCUT2D eigenvalue weighted by molar-refractivity contribution is 0.0641. The smallest absolute Gasteiger partial charge is 0.251 e. The zero-order valence-electron chi connectivity index (χ0n) is 11.3. The van der Waals surface area contributed by atoms with Gasteiger partial charge in [-0.05, 0) is 49.9 Å². The summed E-state index contributed by atoms with van der Waals surface area (Å²) in [6, 6.07) is 7.11. The van der Waals surface area contributed by atoms with Gasteiger partial charge in [0, 0.05) is 5.56 Å². The van der Waals surface area contributed by atoms with Crippen LogP contribution in [0.1, 0.15) is 43.0 Å². The zero-order chi connectivity index (χ0) is 13.7. The van der Waals surface area contributed by atoms with Crippen molar-refractivity contribution in [3.63, 3.8) is 0 Å². The van der Waals surface area contributed by atoms with Gasteiger partial charge in [0.1, 0.15) is 5.75 Å². The maximum Gasteiger partial charge on any atom is 0.251 e. The Kier molecular flexibility index (Phi) is 4.43. The molecule has 0 saturated heterocycles. The molecule has 1 aromatic rings. The number of hydrogen-bond acceptors (Lipinski definition) is 3. The summed E-state index contributed by atoms with van der Waals surface area (Å²) in [7, 11) is 0. The number of nitrogens with one attached hydrogen (secondary N) is 1.